The molecule has 2 nitrogen and oxygen atoms in total. The average molecular weight is 102 g/mol. The van der Waals surface area contributed by atoms with Crippen LogP contribution in [0, 0.1) is 6.92 Å². The fraction of sp³-hybridized carbons (Fsp3) is 0.800. The summed E-state index contributed by atoms with van der Waals surface area (Å²) in [6, 6.07) is -0.153. The number of rotatable bonds is 2. The zero-order valence-electron chi connectivity index (χ0n) is 4.59. The van der Waals surface area contributed by atoms with Crippen LogP contribution in [-0.2, 0) is 0 Å². The van der Waals surface area contributed by atoms with E-state index >= 15 is 0 Å². The molecule has 0 aromatic heterocycles. The van der Waals surface area contributed by atoms with Crippen LogP contribution in [0.15, 0.2) is 0 Å². The van der Waals surface area contributed by atoms with Gasteiger partial charge in [-0.15, -0.1) is 0 Å². The van der Waals surface area contributed by atoms with Crippen molar-refractivity contribution in [1.29, 1.82) is 0 Å². The average Bonchev–Trinajstić information content (AvgIpc) is 1.65. The van der Waals surface area contributed by atoms with Gasteiger partial charge in [-0.2, -0.15) is 0 Å². The molecule has 1 radical (unpaired) electrons. The Morgan fingerprint density at radius 3 is 2.29 bits per heavy atom. The summed E-state index contributed by atoms with van der Waals surface area (Å²) >= 11 is 0. The molecule has 3 N–H and O–H groups in total. The quantitative estimate of drug-likeness (QED) is 0.512. The first-order valence-corrected chi connectivity index (χ1v) is 2.45. The summed E-state index contributed by atoms with van der Waals surface area (Å²) in [4.78, 5) is 0. The highest BCUT2D eigenvalue weighted by molar-refractivity contribution is 4.70. The van der Waals surface area contributed by atoms with Gasteiger partial charge in [0, 0.05) is 6.04 Å². The van der Waals surface area contributed by atoms with Gasteiger partial charge in [-0.1, -0.05) is 6.92 Å². The number of hydrogen-bond acceptors (Lipinski definition) is 2. The van der Waals surface area contributed by atoms with Crippen LogP contribution in [0.4, 0.5) is 0 Å². The second-order valence-corrected chi connectivity index (χ2v) is 1.64. The van der Waals surface area contributed by atoms with E-state index in [9.17, 15) is 0 Å². The van der Waals surface area contributed by atoms with Gasteiger partial charge in [0.2, 0.25) is 0 Å². The molecule has 0 fully saturated rings. The van der Waals surface area contributed by atoms with Crippen molar-refractivity contribution in [3.63, 3.8) is 0 Å². The van der Waals surface area contributed by atoms with Gasteiger partial charge in [-0.3, -0.25) is 0 Å². The molecular formula is C5H12NO. The van der Waals surface area contributed by atoms with Gasteiger partial charge >= 0.3 is 0 Å². The molecule has 2 heteroatoms. The topological polar surface area (TPSA) is 46.2 Å². The molecule has 0 saturated carbocycles. The molecule has 0 rings (SSSR count). The van der Waals surface area contributed by atoms with Crippen molar-refractivity contribution in [1.82, 2.24) is 0 Å². The van der Waals surface area contributed by atoms with E-state index in [2.05, 4.69) is 6.92 Å². The van der Waals surface area contributed by atoms with Crippen molar-refractivity contribution >= 4 is 0 Å². The van der Waals surface area contributed by atoms with Gasteiger partial charge in [0.25, 0.3) is 0 Å². The third-order valence-corrected chi connectivity index (χ3v) is 0.966. The minimum absolute atomic E-state index is 0.153. The second kappa shape index (κ2) is 2.99. The maximum atomic E-state index is 8.58. The summed E-state index contributed by atoms with van der Waals surface area (Å²) < 4.78 is 0. The van der Waals surface area contributed by atoms with Crippen LogP contribution in [-0.4, -0.2) is 17.3 Å². The van der Waals surface area contributed by atoms with Gasteiger partial charge in [-0.25, -0.2) is 0 Å². The van der Waals surface area contributed by atoms with Crippen LogP contribution in [0.1, 0.15) is 13.3 Å². The predicted octanol–water partition coefficient (Wildman–Crippen LogP) is -0.0813. The van der Waals surface area contributed by atoms with E-state index in [0.717, 1.165) is 6.42 Å². The smallest absolute Gasteiger partial charge is 0.0691 e. The Balaban J connectivity index is 3.14. The Hall–Kier alpha value is -0.0800. The van der Waals surface area contributed by atoms with Crippen molar-refractivity contribution in [3.8, 4) is 0 Å². The molecule has 1 unspecified atom stereocenters. The SMILES string of the molecule is [CH2][C@@H](O)C(N)CC. The Bertz CT molecular complexity index is 45.3. The molecule has 0 spiro atoms. The third kappa shape index (κ3) is 2.60. The Morgan fingerprint density at radius 1 is 1.86 bits per heavy atom. The van der Waals surface area contributed by atoms with Crippen LogP contribution in [0.3, 0.4) is 0 Å². The molecule has 2 atom stereocenters. The minimum atomic E-state index is -0.606. The lowest BCUT2D eigenvalue weighted by atomic mass is 10.1. The zero-order chi connectivity index (χ0) is 5.86. The summed E-state index contributed by atoms with van der Waals surface area (Å²) in [6.45, 7) is 5.26. The molecule has 43 valence electrons. The van der Waals surface area contributed by atoms with Gasteiger partial charge in [0.05, 0.1) is 6.10 Å². The van der Waals surface area contributed by atoms with Gasteiger partial charge < -0.3 is 10.8 Å². The van der Waals surface area contributed by atoms with E-state index in [-0.39, 0.29) is 6.04 Å². The van der Waals surface area contributed by atoms with Crippen LogP contribution < -0.4 is 5.73 Å². The van der Waals surface area contributed by atoms with Crippen LogP contribution >= 0.6 is 0 Å². The molecule has 0 saturated heterocycles. The highest BCUT2D eigenvalue weighted by Crippen LogP contribution is 1.90. The van der Waals surface area contributed by atoms with E-state index in [0.29, 0.717) is 0 Å². The molecule has 0 aliphatic carbocycles. The van der Waals surface area contributed by atoms with E-state index in [1.807, 2.05) is 6.92 Å². The standard InChI is InChI=1S/C5H12NO/c1-3-5(6)4(2)7/h4-5,7H,2-3,6H2,1H3/t4-,5?/m1/s1. The summed E-state index contributed by atoms with van der Waals surface area (Å²) in [5.41, 5.74) is 5.30. The van der Waals surface area contributed by atoms with Crippen molar-refractivity contribution in [3.05, 3.63) is 6.92 Å². The molecule has 0 aromatic rings. The first-order chi connectivity index (χ1) is 3.18. The highest BCUT2D eigenvalue weighted by Gasteiger charge is 2.03. The van der Waals surface area contributed by atoms with Crippen molar-refractivity contribution < 1.29 is 5.11 Å². The molecular weight excluding hydrogens is 90.1 g/mol. The summed E-state index contributed by atoms with van der Waals surface area (Å²) in [5.74, 6) is 0. The van der Waals surface area contributed by atoms with Crippen LogP contribution in [0.2, 0.25) is 0 Å². The molecule has 0 heterocycles. The first-order valence-electron chi connectivity index (χ1n) is 2.45. The summed E-state index contributed by atoms with van der Waals surface area (Å²) in [5, 5.41) is 8.58. The lowest BCUT2D eigenvalue weighted by Crippen LogP contribution is -2.31. The second-order valence-electron chi connectivity index (χ2n) is 1.64. The number of aliphatic hydroxyl groups is 1. The number of hydrogen-bond donors (Lipinski definition) is 2. The third-order valence-electron chi connectivity index (χ3n) is 0.966. The van der Waals surface area contributed by atoms with E-state index in [1.165, 1.54) is 0 Å². The van der Waals surface area contributed by atoms with E-state index in [4.69, 9.17) is 10.8 Å². The van der Waals surface area contributed by atoms with Crippen LogP contribution in [0.25, 0.3) is 0 Å². The normalized spacial score (nSPS) is 18.9. The molecule has 0 aliphatic heterocycles. The Kier molecular flexibility index (Phi) is 2.96. The summed E-state index contributed by atoms with van der Waals surface area (Å²) in [6.07, 6.45) is 0.176. The van der Waals surface area contributed by atoms with Gasteiger partial charge in [0.1, 0.15) is 0 Å². The van der Waals surface area contributed by atoms with Gasteiger partial charge in [0.15, 0.2) is 0 Å². The van der Waals surface area contributed by atoms with Crippen LogP contribution in [0.5, 0.6) is 0 Å². The highest BCUT2D eigenvalue weighted by atomic mass is 16.3. The first kappa shape index (κ1) is 6.92. The molecule has 0 bridgehead atoms. The van der Waals surface area contributed by atoms with E-state index < -0.39 is 6.10 Å². The fourth-order valence-electron chi connectivity index (χ4n) is 0.272. The lowest BCUT2D eigenvalue weighted by molar-refractivity contribution is 0.186. The van der Waals surface area contributed by atoms with Crippen molar-refractivity contribution in [2.75, 3.05) is 0 Å². The maximum Gasteiger partial charge on any atom is 0.0691 e. The Labute approximate surface area is 44.3 Å². The largest absolute Gasteiger partial charge is 0.392 e. The Morgan fingerprint density at radius 2 is 2.29 bits per heavy atom. The monoisotopic (exact) mass is 102 g/mol. The minimum Gasteiger partial charge on any atom is -0.392 e. The van der Waals surface area contributed by atoms with E-state index in [1.54, 1.807) is 0 Å². The zero-order valence-corrected chi connectivity index (χ0v) is 4.59. The van der Waals surface area contributed by atoms with Crippen molar-refractivity contribution in [2.24, 2.45) is 5.73 Å². The fourth-order valence-corrected chi connectivity index (χ4v) is 0.272. The van der Waals surface area contributed by atoms with Gasteiger partial charge in [-0.05, 0) is 13.3 Å². The van der Waals surface area contributed by atoms with Crippen molar-refractivity contribution in [2.45, 2.75) is 25.5 Å². The maximum absolute atomic E-state index is 8.58. The molecule has 0 aliphatic rings. The number of nitrogens with two attached hydrogens (primary N) is 1. The molecule has 0 aromatic carbocycles. The number of aliphatic hydroxyl groups excluding tert-OH is 1. The molecule has 0 amide bonds. The predicted molar refractivity (Wildman–Crippen MR) is 29.6 cm³/mol. The molecule has 7 heavy (non-hydrogen) atoms. The summed E-state index contributed by atoms with van der Waals surface area (Å²) in [7, 11) is 0. The lowest BCUT2D eigenvalue weighted by Gasteiger charge is -2.09.